The molecule has 0 unspecified atom stereocenters. The number of pyridine rings is 1. The van der Waals surface area contributed by atoms with Gasteiger partial charge in [0.25, 0.3) is 5.91 Å². The summed E-state index contributed by atoms with van der Waals surface area (Å²) in [7, 11) is 0. The van der Waals surface area contributed by atoms with Gasteiger partial charge in [-0.05, 0) is 30.3 Å². The molecule has 3 rings (SSSR count). The van der Waals surface area contributed by atoms with Crippen LogP contribution in [0.1, 0.15) is 15.2 Å². The third-order valence-corrected chi connectivity index (χ3v) is 4.11. The SMILES string of the molecule is Nc1ncc(F)cc1C(=O)NCc1ccc(Oc2ccccc2)s1. The largest absolute Gasteiger partial charge is 0.447 e. The molecule has 0 fully saturated rings. The maximum absolute atomic E-state index is 13.2. The van der Waals surface area contributed by atoms with Gasteiger partial charge in [0.05, 0.1) is 18.3 Å². The quantitative estimate of drug-likeness (QED) is 0.742. The molecule has 0 radical (unpaired) electrons. The van der Waals surface area contributed by atoms with Gasteiger partial charge in [-0.2, -0.15) is 0 Å². The Labute approximate surface area is 141 Å². The van der Waals surface area contributed by atoms with Crippen LogP contribution in [0.3, 0.4) is 0 Å². The van der Waals surface area contributed by atoms with Crippen molar-refractivity contribution in [2.45, 2.75) is 6.54 Å². The summed E-state index contributed by atoms with van der Waals surface area (Å²) < 4.78 is 18.9. The van der Waals surface area contributed by atoms with E-state index in [4.69, 9.17) is 10.5 Å². The Morgan fingerprint density at radius 1 is 1.25 bits per heavy atom. The molecule has 7 heteroatoms. The van der Waals surface area contributed by atoms with Gasteiger partial charge in [-0.3, -0.25) is 4.79 Å². The second-order valence-corrected chi connectivity index (χ2v) is 6.04. The summed E-state index contributed by atoms with van der Waals surface area (Å²) >= 11 is 1.41. The summed E-state index contributed by atoms with van der Waals surface area (Å²) in [5.41, 5.74) is 5.61. The van der Waals surface area contributed by atoms with E-state index in [0.29, 0.717) is 0 Å². The molecule has 122 valence electrons. The highest BCUT2D eigenvalue weighted by molar-refractivity contribution is 7.13. The third kappa shape index (κ3) is 3.88. The van der Waals surface area contributed by atoms with E-state index >= 15 is 0 Å². The monoisotopic (exact) mass is 343 g/mol. The number of aromatic nitrogens is 1. The van der Waals surface area contributed by atoms with E-state index in [9.17, 15) is 9.18 Å². The van der Waals surface area contributed by atoms with E-state index in [1.807, 2.05) is 42.5 Å². The van der Waals surface area contributed by atoms with Crippen molar-refractivity contribution in [2.24, 2.45) is 0 Å². The molecule has 1 amide bonds. The van der Waals surface area contributed by atoms with E-state index < -0.39 is 11.7 Å². The van der Waals surface area contributed by atoms with Crippen LogP contribution in [0.2, 0.25) is 0 Å². The van der Waals surface area contributed by atoms with Crippen LogP contribution in [-0.2, 0) is 6.54 Å². The van der Waals surface area contributed by atoms with Crippen molar-refractivity contribution in [1.29, 1.82) is 0 Å². The number of ether oxygens (including phenoxy) is 1. The number of benzene rings is 1. The van der Waals surface area contributed by atoms with Crippen molar-refractivity contribution >= 4 is 23.1 Å². The normalized spacial score (nSPS) is 10.4. The maximum Gasteiger partial charge on any atom is 0.255 e. The van der Waals surface area contributed by atoms with E-state index in [2.05, 4.69) is 10.3 Å². The number of hydrogen-bond acceptors (Lipinski definition) is 5. The van der Waals surface area contributed by atoms with E-state index in [1.165, 1.54) is 11.3 Å². The van der Waals surface area contributed by atoms with Crippen LogP contribution in [0.4, 0.5) is 10.2 Å². The Morgan fingerprint density at radius 2 is 2.04 bits per heavy atom. The van der Waals surface area contributed by atoms with Crippen molar-refractivity contribution in [3.8, 4) is 10.8 Å². The molecule has 0 aliphatic heterocycles. The van der Waals surface area contributed by atoms with E-state index in [1.54, 1.807) is 0 Å². The van der Waals surface area contributed by atoms with Crippen molar-refractivity contribution in [1.82, 2.24) is 10.3 Å². The molecule has 3 aromatic rings. The zero-order chi connectivity index (χ0) is 16.9. The predicted molar refractivity (Wildman–Crippen MR) is 90.6 cm³/mol. The molecule has 3 N–H and O–H groups in total. The van der Waals surface area contributed by atoms with Gasteiger partial charge in [0.15, 0.2) is 5.06 Å². The molecule has 2 heterocycles. The van der Waals surface area contributed by atoms with Crippen molar-refractivity contribution in [3.63, 3.8) is 0 Å². The van der Waals surface area contributed by atoms with Crippen LogP contribution < -0.4 is 15.8 Å². The predicted octanol–water partition coefficient (Wildman–Crippen LogP) is 3.59. The Hall–Kier alpha value is -2.93. The fraction of sp³-hybridized carbons (Fsp3) is 0.0588. The fourth-order valence-electron chi connectivity index (χ4n) is 2.01. The summed E-state index contributed by atoms with van der Waals surface area (Å²) in [5, 5.41) is 3.41. The van der Waals surface area contributed by atoms with Crippen LogP contribution in [0, 0.1) is 5.82 Å². The number of carbonyl (C=O) groups excluding carboxylic acids is 1. The number of nitrogens with zero attached hydrogens (tertiary/aromatic N) is 1. The summed E-state index contributed by atoms with van der Waals surface area (Å²) in [6, 6.07) is 14.2. The Kier molecular flexibility index (Phi) is 4.72. The van der Waals surface area contributed by atoms with E-state index in [0.717, 1.165) is 28.0 Å². The smallest absolute Gasteiger partial charge is 0.255 e. The minimum Gasteiger partial charge on any atom is -0.447 e. The molecule has 2 aromatic heterocycles. The maximum atomic E-state index is 13.2. The van der Waals surface area contributed by atoms with Crippen LogP contribution in [-0.4, -0.2) is 10.9 Å². The number of nitrogens with two attached hydrogens (primary N) is 1. The fourth-order valence-corrected chi connectivity index (χ4v) is 2.82. The zero-order valence-corrected chi connectivity index (χ0v) is 13.3. The number of halogens is 1. The first-order valence-corrected chi connectivity index (χ1v) is 7.94. The van der Waals surface area contributed by atoms with Crippen LogP contribution in [0.25, 0.3) is 0 Å². The first-order valence-electron chi connectivity index (χ1n) is 7.12. The van der Waals surface area contributed by atoms with Crippen molar-refractivity contribution in [2.75, 3.05) is 5.73 Å². The molecule has 0 aliphatic rings. The molecule has 0 atom stereocenters. The standard InChI is InChI=1S/C17H14FN3O2S/c18-11-8-14(16(19)20-9-11)17(22)21-10-13-6-7-15(24-13)23-12-4-2-1-3-5-12/h1-9H,10H2,(H2,19,20)(H,21,22). The second kappa shape index (κ2) is 7.10. The lowest BCUT2D eigenvalue weighted by atomic mass is 10.2. The van der Waals surface area contributed by atoms with Gasteiger partial charge < -0.3 is 15.8 Å². The van der Waals surface area contributed by atoms with Gasteiger partial charge in [-0.25, -0.2) is 9.37 Å². The molecular formula is C17H14FN3O2S. The van der Waals surface area contributed by atoms with Gasteiger partial charge in [0.1, 0.15) is 17.4 Å². The second-order valence-electron chi connectivity index (χ2n) is 4.90. The minimum absolute atomic E-state index is 0.00632. The first kappa shape index (κ1) is 15.9. The highest BCUT2D eigenvalue weighted by Gasteiger charge is 2.12. The third-order valence-electron chi connectivity index (χ3n) is 3.15. The average molecular weight is 343 g/mol. The number of thiophene rings is 1. The number of hydrogen-bond donors (Lipinski definition) is 2. The molecular weight excluding hydrogens is 329 g/mol. The summed E-state index contributed by atoms with van der Waals surface area (Å²) in [6.07, 6.45) is 0.971. The van der Waals surface area contributed by atoms with Gasteiger partial charge in [0, 0.05) is 4.88 Å². The Bertz CT molecular complexity index is 852. The number of nitrogen functional groups attached to an aromatic ring is 1. The van der Waals surface area contributed by atoms with Crippen LogP contribution >= 0.6 is 11.3 Å². The lowest BCUT2D eigenvalue weighted by molar-refractivity contribution is 0.0951. The molecule has 0 saturated heterocycles. The summed E-state index contributed by atoms with van der Waals surface area (Å²) in [6.45, 7) is 0.289. The molecule has 0 aliphatic carbocycles. The first-order chi connectivity index (χ1) is 11.6. The van der Waals surface area contributed by atoms with Crippen LogP contribution in [0.5, 0.6) is 10.8 Å². The lowest BCUT2D eigenvalue weighted by Crippen LogP contribution is -2.24. The highest BCUT2D eigenvalue weighted by atomic mass is 32.1. The zero-order valence-electron chi connectivity index (χ0n) is 12.5. The van der Waals surface area contributed by atoms with Gasteiger partial charge in [-0.15, -0.1) is 11.3 Å². The topological polar surface area (TPSA) is 77.2 Å². The average Bonchev–Trinajstić information content (AvgIpc) is 3.03. The summed E-state index contributed by atoms with van der Waals surface area (Å²) in [4.78, 5) is 16.6. The number of amides is 1. The molecule has 0 spiro atoms. The molecule has 0 saturated carbocycles. The number of para-hydroxylation sites is 1. The summed E-state index contributed by atoms with van der Waals surface area (Å²) in [5.74, 6) is -0.343. The van der Waals surface area contributed by atoms with Crippen molar-refractivity contribution < 1.29 is 13.9 Å². The molecule has 24 heavy (non-hydrogen) atoms. The number of anilines is 1. The van der Waals surface area contributed by atoms with E-state index in [-0.39, 0.29) is 17.9 Å². The number of carbonyl (C=O) groups is 1. The van der Waals surface area contributed by atoms with Gasteiger partial charge in [-0.1, -0.05) is 18.2 Å². The van der Waals surface area contributed by atoms with Crippen molar-refractivity contribution in [3.05, 3.63) is 71.0 Å². The van der Waals surface area contributed by atoms with Gasteiger partial charge >= 0.3 is 0 Å². The minimum atomic E-state index is -0.607. The highest BCUT2D eigenvalue weighted by Crippen LogP contribution is 2.29. The van der Waals surface area contributed by atoms with Crippen LogP contribution in [0.15, 0.2) is 54.7 Å². The molecule has 0 bridgehead atoms. The lowest BCUT2D eigenvalue weighted by Gasteiger charge is -2.06. The Balaban J connectivity index is 1.61. The molecule has 1 aromatic carbocycles. The molecule has 5 nitrogen and oxygen atoms in total. The Morgan fingerprint density at radius 3 is 2.83 bits per heavy atom. The number of rotatable bonds is 5. The van der Waals surface area contributed by atoms with Gasteiger partial charge in [0.2, 0.25) is 0 Å². The number of nitrogens with one attached hydrogen (secondary N) is 1.